The highest BCUT2D eigenvalue weighted by Crippen LogP contribution is 2.34. The Hall–Kier alpha value is -5.22. The molecule has 1 aromatic heterocycles. The van der Waals surface area contributed by atoms with Crippen LogP contribution in [0.1, 0.15) is 30.5 Å². The van der Waals surface area contributed by atoms with E-state index in [2.05, 4.69) is 0 Å². The minimum Gasteiger partial charge on any atom is -0.494 e. The van der Waals surface area contributed by atoms with Crippen molar-refractivity contribution in [2.45, 2.75) is 27.3 Å². The van der Waals surface area contributed by atoms with Gasteiger partial charge in [-0.15, -0.1) is 0 Å². The number of amides is 2. The van der Waals surface area contributed by atoms with E-state index in [0.29, 0.717) is 23.4 Å². The molecule has 0 unspecified atom stereocenters. The molecule has 0 saturated carbocycles. The molecule has 3 aromatic carbocycles. The molecule has 4 aromatic rings. The quantitative estimate of drug-likeness (QED) is 0.216. The number of nitriles is 1. The maximum atomic E-state index is 13.8. The number of carbonyl (C=O) groups excluding carboxylic acids is 2. The van der Waals surface area contributed by atoms with Gasteiger partial charge in [-0.05, 0) is 73.9 Å². The van der Waals surface area contributed by atoms with Crippen LogP contribution in [0.4, 0.5) is 0 Å². The average Bonchev–Trinajstić information content (AvgIpc) is 3.38. The lowest BCUT2D eigenvalue weighted by Crippen LogP contribution is -2.42. The molecular weight excluding hydrogens is 500 g/mol. The highest BCUT2D eigenvalue weighted by Gasteiger charge is 2.35. The molecule has 7 nitrogen and oxygen atoms in total. The van der Waals surface area contributed by atoms with Crippen LogP contribution >= 0.6 is 0 Å². The van der Waals surface area contributed by atoms with Crippen molar-refractivity contribution in [3.8, 4) is 28.8 Å². The third kappa shape index (κ3) is 5.07. The molecule has 0 bridgehead atoms. The fraction of sp³-hybridized carbons (Fsp3) is 0.152. The number of carbonyl (C=O) groups is 2. The lowest BCUT2D eigenvalue weighted by atomic mass is 9.92. The predicted molar refractivity (Wildman–Crippen MR) is 153 cm³/mol. The molecule has 1 aliphatic heterocycles. The van der Waals surface area contributed by atoms with Crippen molar-refractivity contribution in [3.63, 3.8) is 0 Å². The summed E-state index contributed by atoms with van der Waals surface area (Å²) in [5.74, 6) is -0.276. The van der Waals surface area contributed by atoms with Gasteiger partial charge in [-0.2, -0.15) is 10.4 Å². The molecule has 40 heavy (non-hydrogen) atoms. The number of nitrogens with zero attached hydrogens (tertiary/aromatic N) is 4. The molecule has 0 fully saturated rings. The molecule has 0 atom stereocenters. The molecule has 198 valence electrons. The second-order valence-corrected chi connectivity index (χ2v) is 9.47. The van der Waals surface area contributed by atoms with Crippen molar-refractivity contribution in [3.05, 3.63) is 118 Å². The number of ether oxygens (including phenoxy) is 1. The summed E-state index contributed by atoms with van der Waals surface area (Å²) in [6, 6.07) is 26.8. The lowest BCUT2D eigenvalue weighted by molar-refractivity contribution is -0.141. The van der Waals surface area contributed by atoms with E-state index in [1.807, 2.05) is 105 Å². The molecule has 0 spiro atoms. The largest absolute Gasteiger partial charge is 0.494 e. The van der Waals surface area contributed by atoms with Crippen LogP contribution in [0, 0.1) is 18.3 Å². The van der Waals surface area contributed by atoms with Gasteiger partial charge in [0, 0.05) is 22.9 Å². The van der Waals surface area contributed by atoms with Gasteiger partial charge in [0.25, 0.3) is 11.8 Å². The van der Waals surface area contributed by atoms with Crippen molar-refractivity contribution in [1.82, 2.24) is 14.7 Å². The van der Waals surface area contributed by atoms with E-state index in [1.54, 1.807) is 17.7 Å². The molecule has 0 N–H and O–H groups in total. The van der Waals surface area contributed by atoms with Crippen molar-refractivity contribution in [1.29, 1.82) is 5.26 Å². The molecular formula is C33H28N4O3. The third-order valence-electron chi connectivity index (χ3n) is 6.84. The van der Waals surface area contributed by atoms with Crippen LogP contribution < -0.4 is 4.74 Å². The van der Waals surface area contributed by atoms with Crippen LogP contribution in [0.25, 0.3) is 23.0 Å². The van der Waals surface area contributed by atoms with Crippen molar-refractivity contribution in [2.24, 2.45) is 0 Å². The van der Waals surface area contributed by atoms with Gasteiger partial charge >= 0.3 is 0 Å². The maximum Gasteiger partial charge on any atom is 0.271 e. The summed E-state index contributed by atoms with van der Waals surface area (Å²) in [4.78, 5) is 28.1. The van der Waals surface area contributed by atoms with Gasteiger partial charge in [-0.1, -0.05) is 48.5 Å². The SMILES string of the molecule is CCOc1ccc(-c2nn(-c3ccccc3)cc2/C=C2/C(=O)N(Cc3ccccc3)C(=O)C(C#N)=C2C)c(C)c1. The number of para-hydroxylation sites is 1. The Morgan fingerprint density at radius 2 is 1.65 bits per heavy atom. The highest BCUT2D eigenvalue weighted by atomic mass is 16.5. The number of imide groups is 1. The Morgan fingerprint density at radius 1 is 0.950 bits per heavy atom. The maximum absolute atomic E-state index is 13.8. The van der Waals surface area contributed by atoms with Gasteiger partial charge in [0.05, 0.1) is 18.8 Å². The molecule has 0 saturated heterocycles. The van der Waals surface area contributed by atoms with Crippen molar-refractivity contribution >= 4 is 17.9 Å². The normalized spacial score (nSPS) is 14.6. The molecule has 2 amide bonds. The smallest absolute Gasteiger partial charge is 0.271 e. The third-order valence-corrected chi connectivity index (χ3v) is 6.84. The monoisotopic (exact) mass is 528 g/mol. The first-order valence-electron chi connectivity index (χ1n) is 13.0. The first-order valence-corrected chi connectivity index (χ1v) is 13.0. The Morgan fingerprint density at radius 3 is 2.30 bits per heavy atom. The minimum absolute atomic E-state index is 0.0453. The Balaban J connectivity index is 1.66. The summed E-state index contributed by atoms with van der Waals surface area (Å²) in [5.41, 5.74) is 5.44. The number of benzene rings is 3. The standard InChI is InChI=1S/C33H28N4O3/c1-4-40-27-15-16-28(22(2)17-27)31-25(21-37(35-31)26-13-9-6-10-14-26)18-29-23(3)30(19-34)33(39)36(32(29)38)20-24-11-7-5-8-12-24/h5-18,21H,4,20H2,1-3H3/b29-18+. The highest BCUT2D eigenvalue weighted by molar-refractivity contribution is 6.19. The number of hydrogen-bond acceptors (Lipinski definition) is 5. The summed E-state index contributed by atoms with van der Waals surface area (Å²) in [5, 5.41) is 14.8. The van der Waals surface area contributed by atoms with Crippen molar-refractivity contribution < 1.29 is 14.3 Å². The zero-order chi connectivity index (χ0) is 28.2. The van der Waals surface area contributed by atoms with Crippen LogP contribution in [-0.4, -0.2) is 33.1 Å². The van der Waals surface area contributed by atoms with Crippen LogP contribution in [-0.2, 0) is 16.1 Å². The lowest BCUT2D eigenvalue weighted by Gasteiger charge is -2.27. The molecule has 2 heterocycles. The van der Waals surface area contributed by atoms with E-state index in [4.69, 9.17) is 9.84 Å². The second kappa shape index (κ2) is 11.3. The molecule has 1 aliphatic rings. The number of aryl methyl sites for hydroxylation is 1. The van der Waals surface area contributed by atoms with E-state index in [-0.39, 0.29) is 17.7 Å². The van der Waals surface area contributed by atoms with Gasteiger partial charge in [0.15, 0.2) is 0 Å². The van der Waals surface area contributed by atoms with E-state index in [1.165, 1.54) is 0 Å². The summed E-state index contributed by atoms with van der Waals surface area (Å²) < 4.78 is 7.44. The van der Waals surface area contributed by atoms with Gasteiger partial charge in [0.2, 0.25) is 0 Å². The summed E-state index contributed by atoms with van der Waals surface area (Å²) >= 11 is 0. The van der Waals surface area contributed by atoms with E-state index in [9.17, 15) is 14.9 Å². The number of aromatic nitrogens is 2. The molecule has 0 aliphatic carbocycles. The number of rotatable bonds is 7. The zero-order valence-electron chi connectivity index (χ0n) is 22.6. The van der Waals surface area contributed by atoms with Gasteiger partial charge in [0.1, 0.15) is 23.1 Å². The Kier molecular flexibility index (Phi) is 7.43. The van der Waals surface area contributed by atoms with Crippen LogP contribution in [0.3, 0.4) is 0 Å². The predicted octanol–water partition coefficient (Wildman–Crippen LogP) is 6.04. The van der Waals surface area contributed by atoms with Gasteiger partial charge in [-0.3, -0.25) is 14.5 Å². The summed E-state index contributed by atoms with van der Waals surface area (Å²) in [6.07, 6.45) is 3.59. The molecule has 0 radical (unpaired) electrons. The fourth-order valence-corrected chi connectivity index (χ4v) is 4.77. The van der Waals surface area contributed by atoms with E-state index in [0.717, 1.165) is 33.0 Å². The summed E-state index contributed by atoms with van der Waals surface area (Å²) in [7, 11) is 0. The zero-order valence-corrected chi connectivity index (χ0v) is 22.6. The van der Waals surface area contributed by atoms with E-state index < -0.39 is 11.8 Å². The second-order valence-electron chi connectivity index (χ2n) is 9.47. The summed E-state index contributed by atoms with van der Waals surface area (Å²) in [6.45, 7) is 6.20. The Labute approximate surface area is 233 Å². The molecule has 7 heteroatoms. The van der Waals surface area contributed by atoms with Gasteiger partial charge < -0.3 is 4.74 Å². The first kappa shape index (κ1) is 26.4. The first-order chi connectivity index (χ1) is 19.4. The van der Waals surface area contributed by atoms with Crippen molar-refractivity contribution in [2.75, 3.05) is 6.61 Å². The number of hydrogen-bond donors (Lipinski definition) is 0. The topological polar surface area (TPSA) is 88.2 Å². The fourth-order valence-electron chi connectivity index (χ4n) is 4.77. The Bertz CT molecular complexity index is 1690. The minimum atomic E-state index is -0.589. The van der Waals surface area contributed by atoms with Crippen LogP contribution in [0.2, 0.25) is 0 Å². The van der Waals surface area contributed by atoms with Crippen LogP contribution in [0.5, 0.6) is 5.75 Å². The molecule has 5 rings (SSSR count). The van der Waals surface area contributed by atoms with Crippen LogP contribution in [0.15, 0.2) is 102 Å². The van der Waals surface area contributed by atoms with E-state index >= 15 is 0 Å². The average molecular weight is 529 g/mol. The van der Waals surface area contributed by atoms with Gasteiger partial charge in [-0.25, -0.2) is 4.68 Å².